The van der Waals surface area contributed by atoms with E-state index in [0.717, 1.165) is 11.4 Å². The summed E-state index contributed by atoms with van der Waals surface area (Å²) in [4.78, 5) is 8.88. The summed E-state index contributed by atoms with van der Waals surface area (Å²) in [5.74, 6) is 2.07. The Morgan fingerprint density at radius 1 is 1.38 bits per heavy atom. The standard InChI is InChI=1S/C12H19N3O/c1-16-12-10(7-13)8-14-11(15-12)9-5-3-2-4-6-9/h8-9H,2-7,13H2,1H3. The number of nitrogens with zero attached hydrogens (tertiary/aromatic N) is 2. The molecule has 1 fully saturated rings. The van der Waals surface area contributed by atoms with Crippen molar-refractivity contribution in [2.45, 2.75) is 44.6 Å². The predicted octanol–water partition coefficient (Wildman–Crippen LogP) is 1.99. The quantitative estimate of drug-likeness (QED) is 0.848. The molecule has 1 aliphatic carbocycles. The number of methoxy groups -OCH3 is 1. The van der Waals surface area contributed by atoms with Crippen LogP contribution in [0.4, 0.5) is 0 Å². The molecule has 0 aliphatic heterocycles. The summed E-state index contributed by atoms with van der Waals surface area (Å²) in [6, 6.07) is 0. The van der Waals surface area contributed by atoms with Gasteiger partial charge in [0.05, 0.1) is 7.11 Å². The van der Waals surface area contributed by atoms with E-state index in [1.807, 2.05) is 0 Å². The zero-order valence-electron chi connectivity index (χ0n) is 9.78. The fourth-order valence-electron chi connectivity index (χ4n) is 2.28. The minimum Gasteiger partial charge on any atom is -0.481 e. The number of hydrogen-bond acceptors (Lipinski definition) is 4. The number of ether oxygens (including phenoxy) is 1. The minimum absolute atomic E-state index is 0.425. The van der Waals surface area contributed by atoms with Crippen LogP contribution in [-0.2, 0) is 6.54 Å². The molecule has 0 bridgehead atoms. The van der Waals surface area contributed by atoms with Gasteiger partial charge in [-0.1, -0.05) is 19.3 Å². The molecule has 16 heavy (non-hydrogen) atoms. The van der Waals surface area contributed by atoms with Crippen LogP contribution in [-0.4, -0.2) is 17.1 Å². The Kier molecular flexibility index (Phi) is 3.72. The lowest BCUT2D eigenvalue weighted by Crippen LogP contribution is -2.11. The highest BCUT2D eigenvalue weighted by atomic mass is 16.5. The van der Waals surface area contributed by atoms with E-state index < -0.39 is 0 Å². The lowest BCUT2D eigenvalue weighted by atomic mass is 9.89. The van der Waals surface area contributed by atoms with Gasteiger partial charge in [0.15, 0.2) is 0 Å². The van der Waals surface area contributed by atoms with E-state index in [2.05, 4.69) is 9.97 Å². The maximum absolute atomic E-state index is 5.59. The van der Waals surface area contributed by atoms with Crippen molar-refractivity contribution in [2.75, 3.05) is 7.11 Å². The Hall–Kier alpha value is -1.16. The van der Waals surface area contributed by atoms with Crippen LogP contribution in [0.5, 0.6) is 5.88 Å². The van der Waals surface area contributed by atoms with Crippen molar-refractivity contribution in [2.24, 2.45) is 5.73 Å². The van der Waals surface area contributed by atoms with Crippen molar-refractivity contribution < 1.29 is 4.74 Å². The first-order valence-corrected chi connectivity index (χ1v) is 5.95. The molecule has 0 unspecified atom stereocenters. The second-order valence-electron chi connectivity index (χ2n) is 4.30. The Balaban J connectivity index is 2.20. The van der Waals surface area contributed by atoms with Gasteiger partial charge in [-0.25, -0.2) is 4.98 Å². The molecule has 1 aromatic heterocycles. The average Bonchev–Trinajstić information content (AvgIpc) is 2.39. The number of rotatable bonds is 3. The van der Waals surface area contributed by atoms with Gasteiger partial charge in [-0.05, 0) is 12.8 Å². The fraction of sp³-hybridized carbons (Fsp3) is 0.667. The third-order valence-electron chi connectivity index (χ3n) is 3.23. The van der Waals surface area contributed by atoms with Gasteiger partial charge in [0, 0.05) is 24.2 Å². The minimum atomic E-state index is 0.425. The van der Waals surface area contributed by atoms with Crippen LogP contribution in [0, 0.1) is 0 Å². The average molecular weight is 221 g/mol. The zero-order chi connectivity index (χ0) is 11.4. The van der Waals surface area contributed by atoms with Crippen molar-refractivity contribution in [1.82, 2.24) is 9.97 Å². The molecule has 2 rings (SSSR count). The lowest BCUT2D eigenvalue weighted by molar-refractivity contribution is 0.378. The van der Waals surface area contributed by atoms with Gasteiger partial charge in [0.2, 0.25) is 5.88 Å². The van der Waals surface area contributed by atoms with Crippen LogP contribution in [0.3, 0.4) is 0 Å². The van der Waals surface area contributed by atoms with Gasteiger partial charge < -0.3 is 10.5 Å². The molecule has 4 nitrogen and oxygen atoms in total. The first kappa shape index (κ1) is 11.3. The second kappa shape index (κ2) is 5.25. The Labute approximate surface area is 96.2 Å². The first-order chi connectivity index (χ1) is 7.85. The molecular weight excluding hydrogens is 202 g/mol. The Morgan fingerprint density at radius 3 is 2.75 bits per heavy atom. The molecule has 0 spiro atoms. The zero-order valence-corrected chi connectivity index (χ0v) is 9.78. The second-order valence-corrected chi connectivity index (χ2v) is 4.30. The van der Waals surface area contributed by atoms with Gasteiger partial charge in [0.1, 0.15) is 5.82 Å². The molecule has 4 heteroatoms. The summed E-state index contributed by atoms with van der Waals surface area (Å²) >= 11 is 0. The third-order valence-corrected chi connectivity index (χ3v) is 3.23. The van der Waals surface area contributed by atoms with Crippen molar-refractivity contribution in [1.29, 1.82) is 0 Å². The summed E-state index contributed by atoms with van der Waals surface area (Å²) in [5.41, 5.74) is 6.47. The van der Waals surface area contributed by atoms with Gasteiger partial charge in [-0.15, -0.1) is 0 Å². The summed E-state index contributed by atoms with van der Waals surface area (Å²) in [7, 11) is 1.63. The highest BCUT2D eigenvalue weighted by molar-refractivity contribution is 5.24. The van der Waals surface area contributed by atoms with Gasteiger partial charge in [-0.3, -0.25) is 0 Å². The van der Waals surface area contributed by atoms with Crippen LogP contribution in [0.2, 0.25) is 0 Å². The third kappa shape index (κ3) is 2.32. The maximum Gasteiger partial charge on any atom is 0.220 e. The molecule has 0 atom stereocenters. The molecular formula is C12H19N3O. The molecule has 1 aliphatic rings. The fourth-order valence-corrected chi connectivity index (χ4v) is 2.28. The van der Waals surface area contributed by atoms with E-state index in [4.69, 9.17) is 10.5 Å². The molecule has 0 aromatic carbocycles. The van der Waals surface area contributed by atoms with E-state index >= 15 is 0 Å². The lowest BCUT2D eigenvalue weighted by Gasteiger charge is -2.20. The van der Waals surface area contributed by atoms with E-state index in [1.165, 1.54) is 32.1 Å². The molecule has 0 saturated heterocycles. The SMILES string of the molecule is COc1nc(C2CCCCC2)ncc1CN. The van der Waals surface area contributed by atoms with Crippen molar-refractivity contribution in [3.05, 3.63) is 17.6 Å². The van der Waals surface area contributed by atoms with Crippen LogP contribution in [0.15, 0.2) is 6.20 Å². The van der Waals surface area contributed by atoms with Crippen LogP contribution in [0.25, 0.3) is 0 Å². The largest absolute Gasteiger partial charge is 0.481 e. The van der Waals surface area contributed by atoms with Crippen molar-refractivity contribution in [3.8, 4) is 5.88 Å². The monoisotopic (exact) mass is 221 g/mol. The van der Waals surface area contributed by atoms with Gasteiger partial charge >= 0.3 is 0 Å². The number of nitrogens with two attached hydrogens (primary N) is 1. The van der Waals surface area contributed by atoms with Gasteiger partial charge in [0.25, 0.3) is 0 Å². The van der Waals surface area contributed by atoms with E-state index in [0.29, 0.717) is 18.3 Å². The summed E-state index contributed by atoms with van der Waals surface area (Å²) in [5, 5.41) is 0. The predicted molar refractivity (Wildman–Crippen MR) is 62.3 cm³/mol. The summed E-state index contributed by atoms with van der Waals surface area (Å²) in [6.45, 7) is 0.425. The van der Waals surface area contributed by atoms with E-state index in [-0.39, 0.29) is 0 Å². The summed E-state index contributed by atoms with van der Waals surface area (Å²) < 4.78 is 5.24. The maximum atomic E-state index is 5.59. The Morgan fingerprint density at radius 2 is 2.12 bits per heavy atom. The Bertz CT molecular complexity index is 348. The molecule has 0 radical (unpaired) electrons. The highest BCUT2D eigenvalue weighted by Crippen LogP contribution is 2.31. The topological polar surface area (TPSA) is 61.0 Å². The van der Waals surface area contributed by atoms with Crippen molar-refractivity contribution >= 4 is 0 Å². The van der Waals surface area contributed by atoms with Crippen LogP contribution >= 0.6 is 0 Å². The molecule has 0 amide bonds. The molecule has 1 heterocycles. The molecule has 1 saturated carbocycles. The molecule has 1 aromatic rings. The number of hydrogen-bond donors (Lipinski definition) is 1. The molecule has 88 valence electrons. The first-order valence-electron chi connectivity index (χ1n) is 5.95. The van der Waals surface area contributed by atoms with Crippen molar-refractivity contribution in [3.63, 3.8) is 0 Å². The summed E-state index contributed by atoms with van der Waals surface area (Å²) in [6.07, 6.45) is 8.12. The van der Waals surface area contributed by atoms with Gasteiger partial charge in [-0.2, -0.15) is 4.98 Å². The van der Waals surface area contributed by atoms with E-state index in [1.54, 1.807) is 13.3 Å². The molecule has 2 N–H and O–H groups in total. The van der Waals surface area contributed by atoms with E-state index in [9.17, 15) is 0 Å². The smallest absolute Gasteiger partial charge is 0.220 e. The normalized spacial score (nSPS) is 17.4. The highest BCUT2D eigenvalue weighted by Gasteiger charge is 2.19. The number of aromatic nitrogens is 2. The van der Waals surface area contributed by atoms with Crippen LogP contribution in [0.1, 0.15) is 49.4 Å². The van der Waals surface area contributed by atoms with Crippen LogP contribution < -0.4 is 10.5 Å².